The van der Waals surface area contributed by atoms with Crippen molar-refractivity contribution >= 4 is 0 Å². The van der Waals surface area contributed by atoms with Crippen molar-refractivity contribution in [3.8, 4) is 5.75 Å². The maximum atomic E-state index is 10.8. The van der Waals surface area contributed by atoms with Gasteiger partial charge in [-0.1, -0.05) is 30.3 Å². The van der Waals surface area contributed by atoms with E-state index in [2.05, 4.69) is 12.1 Å². The molecule has 0 radical (unpaired) electrons. The van der Waals surface area contributed by atoms with Crippen molar-refractivity contribution in [2.45, 2.75) is 31.8 Å². The van der Waals surface area contributed by atoms with E-state index in [0.29, 0.717) is 5.92 Å². The summed E-state index contributed by atoms with van der Waals surface area (Å²) in [6.45, 7) is 2.01. The monoisotopic (exact) mass is 268 g/mol. The molecule has 2 aromatic carbocycles. The number of ether oxygens (including phenoxy) is 1. The van der Waals surface area contributed by atoms with Gasteiger partial charge in [-0.25, -0.2) is 0 Å². The lowest BCUT2D eigenvalue weighted by Crippen LogP contribution is -2.05. The topological polar surface area (TPSA) is 29.5 Å². The molecule has 0 aromatic heterocycles. The number of methoxy groups -OCH3 is 1. The quantitative estimate of drug-likeness (QED) is 0.909. The van der Waals surface area contributed by atoms with Crippen LogP contribution in [-0.4, -0.2) is 12.2 Å². The van der Waals surface area contributed by atoms with Gasteiger partial charge >= 0.3 is 0 Å². The fourth-order valence-corrected chi connectivity index (χ4v) is 2.78. The fraction of sp³-hybridized carbons (Fsp3) is 0.333. The molecule has 1 fully saturated rings. The Hall–Kier alpha value is -1.80. The van der Waals surface area contributed by atoms with Crippen LogP contribution in [-0.2, 0) is 0 Å². The van der Waals surface area contributed by atoms with Crippen LogP contribution in [0, 0.1) is 6.92 Å². The first-order valence-corrected chi connectivity index (χ1v) is 7.12. The SMILES string of the molecule is COc1ccc(C(O)c2ccccc2C2CC2)c(C)c1. The first-order valence-electron chi connectivity index (χ1n) is 7.12. The van der Waals surface area contributed by atoms with Crippen LogP contribution in [0.1, 0.15) is 47.1 Å². The van der Waals surface area contributed by atoms with Crippen LogP contribution in [0.15, 0.2) is 42.5 Å². The van der Waals surface area contributed by atoms with Crippen molar-refractivity contribution in [3.63, 3.8) is 0 Å². The zero-order chi connectivity index (χ0) is 14.1. The third-order valence-corrected chi connectivity index (χ3v) is 4.08. The van der Waals surface area contributed by atoms with E-state index in [1.807, 2.05) is 37.3 Å². The second-order valence-corrected chi connectivity index (χ2v) is 5.53. The smallest absolute Gasteiger partial charge is 0.119 e. The molecule has 0 spiro atoms. The van der Waals surface area contributed by atoms with E-state index < -0.39 is 6.10 Å². The summed E-state index contributed by atoms with van der Waals surface area (Å²) in [5.74, 6) is 1.47. The standard InChI is InChI=1S/C18H20O2/c1-12-11-14(20-2)9-10-15(12)18(19)17-6-4-3-5-16(17)13-7-8-13/h3-6,9-11,13,18-19H,7-8H2,1-2H3. The van der Waals surface area contributed by atoms with Crippen molar-refractivity contribution in [3.05, 3.63) is 64.7 Å². The van der Waals surface area contributed by atoms with E-state index in [4.69, 9.17) is 4.74 Å². The van der Waals surface area contributed by atoms with E-state index >= 15 is 0 Å². The minimum Gasteiger partial charge on any atom is -0.497 e. The van der Waals surface area contributed by atoms with E-state index in [1.165, 1.54) is 18.4 Å². The average molecular weight is 268 g/mol. The number of aliphatic hydroxyl groups excluding tert-OH is 1. The maximum Gasteiger partial charge on any atom is 0.119 e. The van der Waals surface area contributed by atoms with Crippen LogP contribution in [0.4, 0.5) is 0 Å². The summed E-state index contributed by atoms with van der Waals surface area (Å²) in [6.07, 6.45) is 1.93. The number of aliphatic hydroxyl groups is 1. The first-order chi connectivity index (χ1) is 9.70. The molecule has 20 heavy (non-hydrogen) atoms. The van der Waals surface area contributed by atoms with Gasteiger partial charge in [0, 0.05) is 0 Å². The molecule has 2 aromatic rings. The Morgan fingerprint density at radius 1 is 1.10 bits per heavy atom. The second-order valence-electron chi connectivity index (χ2n) is 5.53. The third kappa shape index (κ3) is 2.44. The van der Waals surface area contributed by atoms with E-state index in [1.54, 1.807) is 7.11 Å². The van der Waals surface area contributed by atoms with Gasteiger partial charge in [0.25, 0.3) is 0 Å². The third-order valence-electron chi connectivity index (χ3n) is 4.08. The van der Waals surface area contributed by atoms with Gasteiger partial charge in [0.05, 0.1) is 7.11 Å². The van der Waals surface area contributed by atoms with Gasteiger partial charge in [0.15, 0.2) is 0 Å². The number of hydrogen-bond acceptors (Lipinski definition) is 2. The minimum atomic E-state index is -0.558. The van der Waals surface area contributed by atoms with Crippen LogP contribution < -0.4 is 4.74 Å². The Bertz CT molecular complexity index is 615. The highest BCUT2D eigenvalue weighted by molar-refractivity contribution is 5.44. The molecule has 2 nitrogen and oxygen atoms in total. The lowest BCUT2D eigenvalue weighted by atomic mass is 9.92. The molecule has 1 N–H and O–H groups in total. The second kappa shape index (κ2) is 5.29. The van der Waals surface area contributed by atoms with Crippen LogP contribution >= 0.6 is 0 Å². The molecule has 0 saturated heterocycles. The minimum absolute atomic E-state index is 0.558. The Labute approximate surface area is 120 Å². The van der Waals surface area contributed by atoms with Gasteiger partial charge in [0.1, 0.15) is 11.9 Å². The number of benzene rings is 2. The molecule has 0 heterocycles. The van der Waals surface area contributed by atoms with E-state index in [0.717, 1.165) is 22.4 Å². The van der Waals surface area contributed by atoms with Crippen LogP contribution in [0.3, 0.4) is 0 Å². The average Bonchev–Trinajstić information content (AvgIpc) is 3.31. The summed E-state index contributed by atoms with van der Waals surface area (Å²) in [5, 5.41) is 10.8. The molecule has 1 unspecified atom stereocenters. The molecule has 3 rings (SSSR count). The highest BCUT2D eigenvalue weighted by atomic mass is 16.5. The molecular weight excluding hydrogens is 248 g/mol. The van der Waals surface area contributed by atoms with Gasteiger partial charge in [-0.3, -0.25) is 0 Å². The van der Waals surface area contributed by atoms with E-state index in [-0.39, 0.29) is 0 Å². The Morgan fingerprint density at radius 3 is 2.50 bits per heavy atom. The van der Waals surface area contributed by atoms with Gasteiger partial charge in [0.2, 0.25) is 0 Å². The van der Waals surface area contributed by atoms with Crippen LogP contribution in [0.25, 0.3) is 0 Å². The highest BCUT2D eigenvalue weighted by Crippen LogP contribution is 2.44. The van der Waals surface area contributed by atoms with Gasteiger partial charge < -0.3 is 9.84 Å². The van der Waals surface area contributed by atoms with Crippen LogP contribution in [0.5, 0.6) is 5.75 Å². The van der Waals surface area contributed by atoms with Gasteiger partial charge in [-0.15, -0.1) is 0 Å². The summed E-state index contributed by atoms with van der Waals surface area (Å²) in [4.78, 5) is 0. The lowest BCUT2D eigenvalue weighted by Gasteiger charge is -2.18. The van der Waals surface area contributed by atoms with Crippen molar-refractivity contribution < 1.29 is 9.84 Å². The Kier molecular flexibility index (Phi) is 3.49. The van der Waals surface area contributed by atoms with Gasteiger partial charge in [-0.05, 0) is 60.1 Å². The lowest BCUT2D eigenvalue weighted by molar-refractivity contribution is 0.218. The number of hydrogen-bond donors (Lipinski definition) is 1. The van der Waals surface area contributed by atoms with Gasteiger partial charge in [-0.2, -0.15) is 0 Å². The largest absolute Gasteiger partial charge is 0.497 e. The predicted octanol–water partition coefficient (Wildman–Crippen LogP) is 3.96. The molecule has 1 atom stereocenters. The van der Waals surface area contributed by atoms with Crippen molar-refractivity contribution in [2.24, 2.45) is 0 Å². The Balaban J connectivity index is 1.98. The zero-order valence-corrected chi connectivity index (χ0v) is 12.0. The molecular formula is C18H20O2. The number of rotatable bonds is 4. The summed E-state index contributed by atoms with van der Waals surface area (Å²) < 4.78 is 5.23. The maximum absolute atomic E-state index is 10.8. The molecule has 104 valence electrons. The Morgan fingerprint density at radius 2 is 1.85 bits per heavy atom. The molecule has 0 bridgehead atoms. The first kappa shape index (κ1) is 13.2. The van der Waals surface area contributed by atoms with Crippen molar-refractivity contribution in [2.75, 3.05) is 7.11 Å². The fourth-order valence-electron chi connectivity index (χ4n) is 2.78. The van der Waals surface area contributed by atoms with Crippen molar-refractivity contribution in [1.82, 2.24) is 0 Å². The molecule has 0 amide bonds. The predicted molar refractivity (Wildman–Crippen MR) is 80.2 cm³/mol. The zero-order valence-electron chi connectivity index (χ0n) is 12.0. The molecule has 1 aliphatic carbocycles. The highest BCUT2D eigenvalue weighted by Gasteiger charge is 2.28. The molecule has 2 heteroatoms. The van der Waals surface area contributed by atoms with Crippen LogP contribution in [0.2, 0.25) is 0 Å². The molecule has 1 saturated carbocycles. The summed E-state index contributed by atoms with van der Waals surface area (Å²) >= 11 is 0. The molecule has 0 aliphatic heterocycles. The normalized spacial score (nSPS) is 15.9. The number of aryl methyl sites for hydroxylation is 1. The molecule has 1 aliphatic rings. The summed E-state index contributed by atoms with van der Waals surface area (Å²) in [5.41, 5.74) is 4.36. The summed E-state index contributed by atoms with van der Waals surface area (Å²) in [6, 6.07) is 14.1. The van der Waals surface area contributed by atoms with E-state index in [9.17, 15) is 5.11 Å². The van der Waals surface area contributed by atoms with Crippen molar-refractivity contribution in [1.29, 1.82) is 0 Å². The summed E-state index contributed by atoms with van der Waals surface area (Å²) in [7, 11) is 1.66.